The van der Waals surface area contributed by atoms with Crippen LogP contribution in [0.1, 0.15) is 12.5 Å². The van der Waals surface area contributed by atoms with E-state index in [1.807, 2.05) is 12.1 Å². The van der Waals surface area contributed by atoms with Crippen LogP contribution in [0.25, 0.3) is 0 Å². The maximum absolute atomic E-state index is 6.03. The number of ether oxygens (including phenoxy) is 2. The van der Waals surface area contributed by atoms with Gasteiger partial charge in [-0.1, -0.05) is 6.92 Å². The topological polar surface area (TPSA) is 51.0 Å². The summed E-state index contributed by atoms with van der Waals surface area (Å²) in [7, 11) is 3.25. The van der Waals surface area contributed by atoms with Gasteiger partial charge in [0.15, 0.2) is 11.5 Å². The molecule has 1 aromatic rings. The molecule has 0 aromatic heterocycles. The first-order chi connectivity index (χ1) is 9.67. The summed E-state index contributed by atoms with van der Waals surface area (Å²) in [6.07, 6.45) is 0. The molecule has 0 unspecified atom stereocenters. The van der Waals surface area contributed by atoms with Crippen LogP contribution in [0.3, 0.4) is 0 Å². The quantitative estimate of drug-likeness (QED) is 0.826. The number of nitrogens with two attached hydrogens (primary N) is 1. The molecule has 0 atom stereocenters. The zero-order valence-corrected chi connectivity index (χ0v) is 12.7. The Bertz CT molecular complexity index is 443. The molecule has 1 aromatic carbocycles. The first kappa shape index (κ1) is 14.9. The van der Waals surface area contributed by atoms with Crippen LogP contribution >= 0.6 is 0 Å². The van der Waals surface area contributed by atoms with E-state index in [1.54, 1.807) is 14.2 Å². The highest BCUT2D eigenvalue weighted by atomic mass is 16.5. The highest BCUT2D eigenvalue weighted by molar-refractivity contribution is 5.62. The molecule has 20 heavy (non-hydrogen) atoms. The number of hydrogen-bond acceptors (Lipinski definition) is 5. The third kappa shape index (κ3) is 3.35. The molecular weight excluding hydrogens is 254 g/mol. The molecule has 5 nitrogen and oxygen atoms in total. The van der Waals surface area contributed by atoms with E-state index < -0.39 is 0 Å². The second-order valence-corrected chi connectivity index (χ2v) is 5.13. The molecule has 0 saturated carbocycles. The van der Waals surface area contributed by atoms with Crippen molar-refractivity contribution in [2.45, 2.75) is 13.5 Å². The second-order valence-electron chi connectivity index (χ2n) is 5.13. The number of anilines is 1. The van der Waals surface area contributed by atoms with E-state index in [0.29, 0.717) is 17.2 Å². The monoisotopic (exact) mass is 279 g/mol. The lowest BCUT2D eigenvalue weighted by Crippen LogP contribution is -2.45. The number of piperazine rings is 1. The average Bonchev–Trinajstić information content (AvgIpc) is 2.47. The molecule has 1 heterocycles. The molecule has 0 bridgehead atoms. The van der Waals surface area contributed by atoms with Crippen LogP contribution < -0.4 is 15.2 Å². The second kappa shape index (κ2) is 6.81. The van der Waals surface area contributed by atoms with E-state index in [2.05, 4.69) is 16.7 Å². The van der Waals surface area contributed by atoms with Crippen LogP contribution in [0.4, 0.5) is 5.69 Å². The number of methoxy groups -OCH3 is 2. The number of rotatable bonds is 5. The zero-order valence-electron chi connectivity index (χ0n) is 12.7. The normalized spacial score (nSPS) is 17.1. The molecule has 0 aliphatic carbocycles. The Hall–Kier alpha value is -1.46. The van der Waals surface area contributed by atoms with Gasteiger partial charge >= 0.3 is 0 Å². The fraction of sp³-hybridized carbons (Fsp3) is 0.600. The fourth-order valence-corrected chi connectivity index (χ4v) is 2.67. The third-order valence-corrected chi connectivity index (χ3v) is 3.89. The van der Waals surface area contributed by atoms with E-state index in [4.69, 9.17) is 15.2 Å². The minimum absolute atomic E-state index is 0.618. The predicted molar refractivity (Wildman–Crippen MR) is 81.3 cm³/mol. The van der Waals surface area contributed by atoms with Crippen LogP contribution in [-0.2, 0) is 6.54 Å². The van der Waals surface area contributed by atoms with Crippen molar-refractivity contribution < 1.29 is 9.47 Å². The van der Waals surface area contributed by atoms with E-state index in [1.165, 1.54) is 5.56 Å². The molecule has 1 fully saturated rings. The number of likely N-dealkylation sites (N-methyl/N-ethyl adjacent to an activating group) is 1. The van der Waals surface area contributed by atoms with Crippen molar-refractivity contribution in [1.29, 1.82) is 0 Å². The van der Waals surface area contributed by atoms with Gasteiger partial charge in [-0.3, -0.25) is 4.90 Å². The molecule has 5 heteroatoms. The van der Waals surface area contributed by atoms with Gasteiger partial charge in [0.05, 0.1) is 19.9 Å². The predicted octanol–water partition coefficient (Wildman–Crippen LogP) is 1.42. The van der Waals surface area contributed by atoms with E-state index in [9.17, 15) is 0 Å². The first-order valence-corrected chi connectivity index (χ1v) is 7.13. The summed E-state index contributed by atoms with van der Waals surface area (Å²) in [6, 6.07) is 3.99. The van der Waals surface area contributed by atoms with Crippen molar-refractivity contribution in [2.24, 2.45) is 0 Å². The molecule has 0 spiro atoms. The Morgan fingerprint density at radius 1 is 1.05 bits per heavy atom. The van der Waals surface area contributed by atoms with Crippen molar-refractivity contribution in [3.8, 4) is 11.5 Å². The minimum Gasteiger partial charge on any atom is -0.493 e. The van der Waals surface area contributed by atoms with Crippen LogP contribution in [0.5, 0.6) is 11.5 Å². The van der Waals surface area contributed by atoms with E-state index >= 15 is 0 Å². The van der Waals surface area contributed by atoms with Crippen molar-refractivity contribution in [2.75, 3.05) is 52.7 Å². The molecular formula is C15H25N3O2. The largest absolute Gasteiger partial charge is 0.493 e. The summed E-state index contributed by atoms with van der Waals surface area (Å²) in [5.74, 6) is 1.32. The smallest absolute Gasteiger partial charge is 0.183 e. The molecule has 1 aliphatic rings. The van der Waals surface area contributed by atoms with Crippen molar-refractivity contribution in [3.63, 3.8) is 0 Å². The minimum atomic E-state index is 0.618. The summed E-state index contributed by atoms with van der Waals surface area (Å²) < 4.78 is 10.6. The Morgan fingerprint density at radius 2 is 1.70 bits per heavy atom. The average molecular weight is 279 g/mol. The van der Waals surface area contributed by atoms with Crippen LogP contribution in [-0.4, -0.2) is 56.7 Å². The van der Waals surface area contributed by atoms with Crippen molar-refractivity contribution >= 4 is 5.69 Å². The van der Waals surface area contributed by atoms with Crippen LogP contribution in [0.15, 0.2) is 12.1 Å². The number of hydrogen-bond donors (Lipinski definition) is 1. The number of nitrogens with zero attached hydrogens (tertiary/aromatic N) is 2. The lowest BCUT2D eigenvalue weighted by Gasteiger charge is -2.34. The Kier molecular flexibility index (Phi) is 5.09. The molecule has 0 amide bonds. The van der Waals surface area contributed by atoms with Crippen LogP contribution in [0.2, 0.25) is 0 Å². The van der Waals surface area contributed by atoms with Crippen molar-refractivity contribution in [3.05, 3.63) is 17.7 Å². The first-order valence-electron chi connectivity index (χ1n) is 7.13. The zero-order chi connectivity index (χ0) is 14.5. The van der Waals surface area contributed by atoms with E-state index in [-0.39, 0.29) is 0 Å². The van der Waals surface area contributed by atoms with Gasteiger partial charge < -0.3 is 20.1 Å². The number of nitrogen functional groups attached to an aromatic ring is 1. The summed E-state index contributed by atoms with van der Waals surface area (Å²) >= 11 is 0. The standard InChI is InChI=1S/C15H25N3O2/c1-4-17-5-7-18(8-6-17)11-12-9-13(16)15(20-3)14(10-12)19-2/h9-10H,4-8,11,16H2,1-3H3. The van der Waals surface area contributed by atoms with Crippen molar-refractivity contribution in [1.82, 2.24) is 9.80 Å². The van der Waals surface area contributed by atoms with Gasteiger partial charge in [0.1, 0.15) is 0 Å². The van der Waals surface area contributed by atoms with Gasteiger partial charge in [-0.15, -0.1) is 0 Å². The summed E-state index contributed by atoms with van der Waals surface area (Å²) in [6.45, 7) is 8.73. The lowest BCUT2D eigenvalue weighted by molar-refractivity contribution is 0.132. The fourth-order valence-electron chi connectivity index (χ4n) is 2.67. The van der Waals surface area contributed by atoms with Gasteiger partial charge in [0.25, 0.3) is 0 Å². The summed E-state index contributed by atoms with van der Waals surface area (Å²) in [5, 5.41) is 0. The van der Waals surface area contributed by atoms with Gasteiger partial charge in [0, 0.05) is 32.7 Å². The molecule has 2 rings (SSSR count). The summed E-state index contributed by atoms with van der Waals surface area (Å²) in [5.41, 5.74) is 7.83. The highest BCUT2D eigenvalue weighted by Gasteiger charge is 2.17. The molecule has 1 aliphatic heterocycles. The molecule has 0 radical (unpaired) electrons. The van der Waals surface area contributed by atoms with Gasteiger partial charge in [0.2, 0.25) is 0 Å². The maximum Gasteiger partial charge on any atom is 0.183 e. The lowest BCUT2D eigenvalue weighted by atomic mass is 10.1. The maximum atomic E-state index is 6.03. The van der Waals surface area contributed by atoms with Crippen LogP contribution in [0, 0.1) is 0 Å². The Labute approximate surface area is 121 Å². The van der Waals surface area contributed by atoms with E-state index in [0.717, 1.165) is 39.3 Å². The Balaban J connectivity index is 2.05. The SMILES string of the molecule is CCN1CCN(Cc2cc(N)c(OC)c(OC)c2)CC1. The van der Waals surface area contributed by atoms with Gasteiger partial charge in [-0.2, -0.15) is 0 Å². The highest BCUT2D eigenvalue weighted by Crippen LogP contribution is 2.34. The Morgan fingerprint density at radius 3 is 2.25 bits per heavy atom. The van der Waals surface area contributed by atoms with Gasteiger partial charge in [-0.05, 0) is 24.2 Å². The number of benzene rings is 1. The third-order valence-electron chi connectivity index (χ3n) is 3.89. The molecule has 2 N–H and O–H groups in total. The van der Waals surface area contributed by atoms with Gasteiger partial charge in [-0.25, -0.2) is 0 Å². The molecule has 1 saturated heterocycles. The molecule has 112 valence electrons. The summed E-state index contributed by atoms with van der Waals surface area (Å²) in [4.78, 5) is 4.92.